The Morgan fingerprint density at radius 3 is 2.56 bits per heavy atom. The number of aliphatic hydroxyl groups excluding tert-OH is 2. The topological polar surface area (TPSA) is 49.7 Å². The first-order valence-corrected chi connectivity index (χ1v) is 5.63. The van der Waals surface area contributed by atoms with Crippen LogP contribution in [0.1, 0.15) is 18.9 Å². The van der Waals surface area contributed by atoms with Crippen molar-refractivity contribution in [2.24, 2.45) is 5.92 Å². The lowest BCUT2D eigenvalue weighted by Crippen LogP contribution is -2.18. The molecule has 2 N–H and O–H groups in total. The Hall–Kier alpha value is -0.900. The molecule has 0 radical (unpaired) electrons. The minimum absolute atomic E-state index is 0.178. The van der Waals surface area contributed by atoms with Crippen molar-refractivity contribution < 1.29 is 14.9 Å². The first-order chi connectivity index (χ1) is 7.72. The van der Waals surface area contributed by atoms with Crippen LogP contribution in [-0.2, 0) is 11.3 Å². The molecule has 0 amide bonds. The molecular formula is C13H20O3. The van der Waals surface area contributed by atoms with Gasteiger partial charge in [-0.2, -0.15) is 0 Å². The van der Waals surface area contributed by atoms with Crippen LogP contribution < -0.4 is 0 Å². The fourth-order valence-electron chi connectivity index (χ4n) is 1.56. The molecule has 2 atom stereocenters. The quantitative estimate of drug-likeness (QED) is 0.739. The van der Waals surface area contributed by atoms with Crippen LogP contribution in [0.5, 0.6) is 0 Å². The van der Waals surface area contributed by atoms with E-state index in [1.807, 2.05) is 37.3 Å². The molecule has 0 fully saturated rings. The van der Waals surface area contributed by atoms with Crippen molar-refractivity contribution in [2.75, 3.05) is 13.2 Å². The maximum Gasteiger partial charge on any atom is 0.0774 e. The van der Waals surface area contributed by atoms with Gasteiger partial charge in [-0.05, 0) is 17.9 Å². The number of rotatable bonds is 7. The van der Waals surface area contributed by atoms with Gasteiger partial charge in [-0.3, -0.25) is 0 Å². The lowest BCUT2D eigenvalue weighted by atomic mass is 10.1. The first-order valence-electron chi connectivity index (χ1n) is 5.63. The molecule has 0 bridgehead atoms. The number of aliphatic hydroxyl groups is 2. The van der Waals surface area contributed by atoms with Crippen molar-refractivity contribution in [3.05, 3.63) is 35.9 Å². The Morgan fingerprint density at radius 2 is 1.94 bits per heavy atom. The minimum atomic E-state index is -0.629. The van der Waals surface area contributed by atoms with E-state index in [1.54, 1.807) is 0 Å². The highest BCUT2D eigenvalue weighted by atomic mass is 16.5. The van der Waals surface area contributed by atoms with Gasteiger partial charge in [0.1, 0.15) is 0 Å². The highest BCUT2D eigenvalue weighted by Crippen LogP contribution is 2.08. The van der Waals surface area contributed by atoms with Crippen molar-refractivity contribution in [3.8, 4) is 0 Å². The minimum Gasteiger partial charge on any atom is -0.394 e. The molecule has 0 aliphatic rings. The van der Waals surface area contributed by atoms with E-state index in [1.165, 1.54) is 0 Å². The Balaban J connectivity index is 2.15. The number of hydrogen-bond acceptors (Lipinski definition) is 3. The van der Waals surface area contributed by atoms with E-state index >= 15 is 0 Å². The zero-order chi connectivity index (χ0) is 11.8. The second-order valence-electron chi connectivity index (χ2n) is 4.18. The summed E-state index contributed by atoms with van der Waals surface area (Å²) in [6, 6.07) is 9.99. The molecule has 0 spiro atoms. The van der Waals surface area contributed by atoms with Gasteiger partial charge in [-0.15, -0.1) is 0 Å². The monoisotopic (exact) mass is 224 g/mol. The van der Waals surface area contributed by atoms with Crippen molar-refractivity contribution in [1.82, 2.24) is 0 Å². The lowest BCUT2D eigenvalue weighted by Gasteiger charge is -2.14. The van der Waals surface area contributed by atoms with E-state index in [2.05, 4.69) is 0 Å². The van der Waals surface area contributed by atoms with E-state index in [0.29, 0.717) is 19.6 Å². The second kappa shape index (κ2) is 7.39. The van der Waals surface area contributed by atoms with Gasteiger partial charge in [0.05, 0.1) is 19.3 Å². The Labute approximate surface area is 96.7 Å². The SMILES string of the molecule is C[C@@H](COCc1ccccc1)CC(O)CO. The summed E-state index contributed by atoms with van der Waals surface area (Å²) in [5.74, 6) is 0.255. The third-order valence-corrected chi connectivity index (χ3v) is 2.40. The summed E-state index contributed by atoms with van der Waals surface area (Å²) in [6.45, 7) is 3.03. The van der Waals surface area contributed by atoms with E-state index in [0.717, 1.165) is 5.56 Å². The van der Waals surface area contributed by atoms with Crippen LogP contribution in [0.3, 0.4) is 0 Å². The largest absolute Gasteiger partial charge is 0.394 e. The van der Waals surface area contributed by atoms with Gasteiger partial charge < -0.3 is 14.9 Å². The molecule has 0 aliphatic heterocycles. The van der Waals surface area contributed by atoms with Gasteiger partial charge in [0.2, 0.25) is 0 Å². The Morgan fingerprint density at radius 1 is 1.25 bits per heavy atom. The molecule has 3 heteroatoms. The molecule has 0 aliphatic carbocycles. The van der Waals surface area contributed by atoms with Crippen LogP contribution in [0, 0.1) is 5.92 Å². The molecule has 0 heterocycles. The van der Waals surface area contributed by atoms with Gasteiger partial charge in [0, 0.05) is 6.61 Å². The highest BCUT2D eigenvalue weighted by molar-refractivity contribution is 5.13. The van der Waals surface area contributed by atoms with Gasteiger partial charge in [-0.25, -0.2) is 0 Å². The van der Waals surface area contributed by atoms with Crippen LogP contribution >= 0.6 is 0 Å². The predicted octanol–water partition coefficient (Wildman–Crippen LogP) is 1.58. The Kier molecular flexibility index (Phi) is 6.08. The average molecular weight is 224 g/mol. The molecule has 90 valence electrons. The maximum atomic E-state index is 9.24. The van der Waals surface area contributed by atoms with Gasteiger partial charge >= 0.3 is 0 Å². The molecule has 1 unspecified atom stereocenters. The van der Waals surface area contributed by atoms with E-state index in [9.17, 15) is 5.11 Å². The van der Waals surface area contributed by atoms with Crippen molar-refractivity contribution in [3.63, 3.8) is 0 Å². The number of ether oxygens (including phenoxy) is 1. The smallest absolute Gasteiger partial charge is 0.0774 e. The Bertz CT molecular complexity index is 274. The van der Waals surface area contributed by atoms with Gasteiger partial charge in [-0.1, -0.05) is 37.3 Å². The van der Waals surface area contributed by atoms with Crippen LogP contribution in [0.15, 0.2) is 30.3 Å². The van der Waals surface area contributed by atoms with Crippen LogP contribution in [0.25, 0.3) is 0 Å². The number of benzene rings is 1. The molecule has 3 nitrogen and oxygen atoms in total. The summed E-state index contributed by atoms with van der Waals surface area (Å²) in [7, 11) is 0. The maximum absolute atomic E-state index is 9.24. The fraction of sp³-hybridized carbons (Fsp3) is 0.538. The summed E-state index contributed by atoms with van der Waals surface area (Å²) >= 11 is 0. The molecule has 16 heavy (non-hydrogen) atoms. The zero-order valence-corrected chi connectivity index (χ0v) is 9.67. The summed E-state index contributed by atoms with van der Waals surface area (Å²) < 4.78 is 5.53. The molecule has 1 aromatic carbocycles. The number of hydrogen-bond donors (Lipinski definition) is 2. The van der Waals surface area contributed by atoms with Crippen molar-refractivity contribution in [2.45, 2.75) is 26.1 Å². The third kappa shape index (κ3) is 5.26. The zero-order valence-electron chi connectivity index (χ0n) is 9.67. The molecule has 1 rings (SSSR count). The molecule has 0 aromatic heterocycles. The molecule has 1 aromatic rings. The average Bonchev–Trinajstić information content (AvgIpc) is 2.30. The second-order valence-corrected chi connectivity index (χ2v) is 4.18. The lowest BCUT2D eigenvalue weighted by molar-refractivity contribution is 0.0422. The third-order valence-electron chi connectivity index (χ3n) is 2.40. The van der Waals surface area contributed by atoms with Crippen LogP contribution in [0.2, 0.25) is 0 Å². The van der Waals surface area contributed by atoms with Gasteiger partial charge in [0.25, 0.3) is 0 Å². The highest BCUT2D eigenvalue weighted by Gasteiger charge is 2.09. The predicted molar refractivity (Wildman–Crippen MR) is 63.0 cm³/mol. The summed E-state index contributed by atoms with van der Waals surface area (Å²) in [6.07, 6.45) is -0.0546. The normalized spacial score (nSPS) is 14.7. The standard InChI is InChI=1S/C13H20O3/c1-11(7-13(15)8-14)9-16-10-12-5-3-2-4-6-12/h2-6,11,13-15H,7-10H2,1H3/t11-,13?/m1/s1. The molecule has 0 saturated heterocycles. The van der Waals surface area contributed by atoms with E-state index in [4.69, 9.17) is 9.84 Å². The molecular weight excluding hydrogens is 204 g/mol. The van der Waals surface area contributed by atoms with Gasteiger partial charge in [0.15, 0.2) is 0 Å². The summed E-state index contributed by atoms with van der Waals surface area (Å²) in [5.41, 5.74) is 1.15. The van der Waals surface area contributed by atoms with Crippen molar-refractivity contribution >= 4 is 0 Å². The first kappa shape index (κ1) is 13.2. The van der Waals surface area contributed by atoms with Crippen molar-refractivity contribution in [1.29, 1.82) is 0 Å². The van der Waals surface area contributed by atoms with E-state index in [-0.39, 0.29) is 12.5 Å². The molecule has 0 saturated carbocycles. The fourth-order valence-corrected chi connectivity index (χ4v) is 1.56. The van der Waals surface area contributed by atoms with Crippen LogP contribution in [-0.4, -0.2) is 29.5 Å². The van der Waals surface area contributed by atoms with Crippen LogP contribution in [0.4, 0.5) is 0 Å². The van der Waals surface area contributed by atoms with E-state index < -0.39 is 6.10 Å². The summed E-state index contributed by atoms with van der Waals surface area (Å²) in [5, 5.41) is 17.9. The summed E-state index contributed by atoms with van der Waals surface area (Å²) in [4.78, 5) is 0.